The van der Waals surface area contributed by atoms with Gasteiger partial charge in [0.05, 0.1) is 26.2 Å². The first kappa shape index (κ1) is 19.4. The first-order chi connectivity index (χ1) is 14.2. The van der Waals surface area contributed by atoms with Crippen LogP contribution in [-0.2, 0) is 5.75 Å². The molecular formula is C20H16ClN3O4S. The number of hydrogen-bond donors (Lipinski definition) is 0. The van der Waals surface area contributed by atoms with Gasteiger partial charge in [0.15, 0.2) is 17.3 Å². The third kappa shape index (κ3) is 4.38. The van der Waals surface area contributed by atoms with Crippen molar-refractivity contribution in [1.29, 1.82) is 0 Å². The Hall–Kier alpha value is -2.97. The van der Waals surface area contributed by atoms with Gasteiger partial charge in [-0.3, -0.25) is 0 Å². The van der Waals surface area contributed by atoms with Gasteiger partial charge in [-0.05, 0) is 30.3 Å². The third-order valence-corrected chi connectivity index (χ3v) is 5.06. The highest BCUT2D eigenvalue weighted by molar-refractivity contribution is 7.98. The van der Waals surface area contributed by atoms with Crippen molar-refractivity contribution in [2.75, 3.05) is 14.2 Å². The second kappa shape index (κ2) is 8.59. The molecule has 9 heteroatoms. The van der Waals surface area contributed by atoms with E-state index in [2.05, 4.69) is 15.2 Å². The minimum atomic E-state index is 0.389. The molecule has 2 aromatic carbocycles. The molecule has 2 heterocycles. The Kier molecular flexibility index (Phi) is 5.73. The van der Waals surface area contributed by atoms with Crippen molar-refractivity contribution >= 4 is 23.4 Å². The first-order valence-corrected chi connectivity index (χ1v) is 9.92. The summed E-state index contributed by atoms with van der Waals surface area (Å²) in [5, 5.41) is 9.22. The van der Waals surface area contributed by atoms with E-state index in [-0.39, 0.29) is 0 Å². The third-order valence-electron chi connectivity index (χ3n) is 4.02. The summed E-state index contributed by atoms with van der Waals surface area (Å²) in [5.74, 6) is 3.26. The van der Waals surface area contributed by atoms with E-state index >= 15 is 0 Å². The first-order valence-electron chi connectivity index (χ1n) is 8.55. The second-order valence-electron chi connectivity index (χ2n) is 5.86. The molecule has 4 rings (SSSR count). The molecule has 148 valence electrons. The molecule has 0 unspecified atom stereocenters. The Bertz CT molecular complexity index is 1130. The summed E-state index contributed by atoms with van der Waals surface area (Å²) in [7, 11) is 3.16. The summed E-state index contributed by atoms with van der Waals surface area (Å²) >= 11 is 7.36. The quantitative estimate of drug-likeness (QED) is 0.363. The van der Waals surface area contributed by atoms with Gasteiger partial charge in [0.2, 0.25) is 11.8 Å². The predicted molar refractivity (Wildman–Crippen MR) is 109 cm³/mol. The zero-order chi connectivity index (χ0) is 20.2. The van der Waals surface area contributed by atoms with E-state index in [0.717, 1.165) is 11.1 Å². The molecule has 0 N–H and O–H groups in total. The number of halogens is 1. The van der Waals surface area contributed by atoms with Crippen LogP contribution in [-0.4, -0.2) is 29.4 Å². The van der Waals surface area contributed by atoms with Crippen LogP contribution in [0.1, 0.15) is 5.89 Å². The lowest BCUT2D eigenvalue weighted by atomic mass is 10.2. The Labute approximate surface area is 176 Å². The number of hydrogen-bond acceptors (Lipinski definition) is 8. The van der Waals surface area contributed by atoms with Crippen molar-refractivity contribution in [3.05, 3.63) is 59.6 Å². The Balaban J connectivity index is 1.44. The molecule has 0 aliphatic rings. The molecule has 0 aliphatic heterocycles. The zero-order valence-electron chi connectivity index (χ0n) is 15.6. The summed E-state index contributed by atoms with van der Waals surface area (Å²) in [6.07, 6.45) is 1.67. The van der Waals surface area contributed by atoms with E-state index in [1.54, 1.807) is 32.5 Å². The number of aromatic nitrogens is 3. The molecule has 0 fully saturated rings. The fourth-order valence-electron chi connectivity index (χ4n) is 2.63. The van der Waals surface area contributed by atoms with Crippen LogP contribution < -0.4 is 9.47 Å². The Morgan fingerprint density at radius 1 is 0.966 bits per heavy atom. The number of ether oxygens (including phenoxy) is 2. The molecule has 0 spiro atoms. The maximum absolute atomic E-state index is 6.02. The number of benzene rings is 2. The lowest BCUT2D eigenvalue weighted by Gasteiger charge is -2.07. The summed E-state index contributed by atoms with van der Waals surface area (Å²) in [6.45, 7) is 0. The molecule has 0 saturated carbocycles. The fraction of sp³-hybridized carbons (Fsp3) is 0.150. The number of thioether (sulfide) groups is 1. The summed E-state index contributed by atoms with van der Waals surface area (Å²) in [4.78, 5) is 4.29. The zero-order valence-corrected chi connectivity index (χ0v) is 17.2. The lowest BCUT2D eigenvalue weighted by Crippen LogP contribution is -1.90. The van der Waals surface area contributed by atoms with Crippen LogP contribution in [0.2, 0.25) is 5.02 Å². The molecule has 0 bridgehead atoms. The molecule has 4 aromatic rings. The minimum absolute atomic E-state index is 0.389. The highest BCUT2D eigenvalue weighted by atomic mass is 35.5. The summed E-state index contributed by atoms with van der Waals surface area (Å²) < 4.78 is 22.1. The van der Waals surface area contributed by atoms with Gasteiger partial charge in [0, 0.05) is 16.1 Å². The van der Waals surface area contributed by atoms with E-state index < -0.39 is 0 Å². The van der Waals surface area contributed by atoms with Crippen LogP contribution in [0.3, 0.4) is 0 Å². The average molecular weight is 430 g/mol. The van der Waals surface area contributed by atoms with Crippen molar-refractivity contribution in [3.8, 4) is 34.3 Å². The topological polar surface area (TPSA) is 83.4 Å². The second-order valence-corrected chi connectivity index (χ2v) is 7.22. The number of rotatable bonds is 7. The van der Waals surface area contributed by atoms with Crippen LogP contribution in [0, 0.1) is 0 Å². The van der Waals surface area contributed by atoms with Crippen molar-refractivity contribution in [3.63, 3.8) is 0 Å². The highest BCUT2D eigenvalue weighted by Crippen LogP contribution is 2.33. The lowest BCUT2D eigenvalue weighted by molar-refractivity contribution is 0.355. The molecule has 2 aromatic heterocycles. The van der Waals surface area contributed by atoms with E-state index in [0.29, 0.717) is 45.0 Å². The van der Waals surface area contributed by atoms with Gasteiger partial charge in [-0.15, -0.1) is 10.2 Å². The number of oxazole rings is 1. The van der Waals surface area contributed by atoms with Crippen LogP contribution >= 0.6 is 23.4 Å². The monoisotopic (exact) mass is 429 g/mol. The van der Waals surface area contributed by atoms with Gasteiger partial charge in [-0.25, -0.2) is 4.98 Å². The van der Waals surface area contributed by atoms with Gasteiger partial charge >= 0.3 is 0 Å². The van der Waals surface area contributed by atoms with Gasteiger partial charge in [0.1, 0.15) is 0 Å². The van der Waals surface area contributed by atoms with Gasteiger partial charge in [-0.1, -0.05) is 35.5 Å². The van der Waals surface area contributed by atoms with E-state index in [9.17, 15) is 0 Å². The van der Waals surface area contributed by atoms with Crippen LogP contribution in [0.15, 0.2) is 62.7 Å². The van der Waals surface area contributed by atoms with Gasteiger partial charge in [-0.2, -0.15) is 0 Å². The van der Waals surface area contributed by atoms with Crippen molar-refractivity contribution in [1.82, 2.24) is 15.2 Å². The summed E-state index contributed by atoms with van der Waals surface area (Å²) in [5.41, 5.74) is 1.61. The van der Waals surface area contributed by atoms with E-state index in [4.69, 9.17) is 29.9 Å². The molecule has 29 heavy (non-hydrogen) atoms. The SMILES string of the molecule is COc1ccc(-c2nnc(SCc3ncc(-c4cccc(Cl)c4)o3)o2)cc1OC. The van der Waals surface area contributed by atoms with E-state index in [1.807, 2.05) is 30.3 Å². The average Bonchev–Trinajstić information content (AvgIpc) is 3.41. The maximum Gasteiger partial charge on any atom is 0.277 e. The molecule has 0 radical (unpaired) electrons. The largest absolute Gasteiger partial charge is 0.493 e. The van der Waals surface area contributed by atoms with E-state index in [1.165, 1.54) is 11.8 Å². The number of nitrogens with zero attached hydrogens (tertiary/aromatic N) is 3. The van der Waals surface area contributed by atoms with Crippen LogP contribution in [0.5, 0.6) is 11.5 Å². The molecule has 7 nitrogen and oxygen atoms in total. The molecule has 0 atom stereocenters. The highest BCUT2D eigenvalue weighted by Gasteiger charge is 2.14. The van der Waals surface area contributed by atoms with Crippen LogP contribution in [0.25, 0.3) is 22.8 Å². The van der Waals surface area contributed by atoms with Crippen molar-refractivity contribution in [2.45, 2.75) is 11.0 Å². The summed E-state index contributed by atoms with van der Waals surface area (Å²) in [6, 6.07) is 12.8. The fourth-order valence-corrected chi connectivity index (χ4v) is 3.44. The molecular weight excluding hydrogens is 414 g/mol. The Morgan fingerprint density at radius 2 is 1.83 bits per heavy atom. The molecule has 0 amide bonds. The van der Waals surface area contributed by atoms with Crippen molar-refractivity contribution < 1.29 is 18.3 Å². The van der Waals surface area contributed by atoms with Gasteiger partial charge < -0.3 is 18.3 Å². The number of methoxy groups -OCH3 is 2. The Morgan fingerprint density at radius 3 is 2.62 bits per heavy atom. The van der Waals surface area contributed by atoms with Crippen molar-refractivity contribution in [2.24, 2.45) is 0 Å². The van der Waals surface area contributed by atoms with Crippen LogP contribution in [0.4, 0.5) is 0 Å². The standard InChI is InChI=1S/C20H16ClN3O4S/c1-25-15-7-6-13(9-16(15)26-2)19-23-24-20(28-19)29-11-18-22-10-17(27-18)12-4-3-5-14(21)8-12/h3-10H,11H2,1-2H3. The molecule has 0 saturated heterocycles. The minimum Gasteiger partial charge on any atom is -0.493 e. The normalized spacial score (nSPS) is 10.9. The van der Waals surface area contributed by atoms with Gasteiger partial charge in [0.25, 0.3) is 5.22 Å². The molecule has 0 aliphatic carbocycles. The smallest absolute Gasteiger partial charge is 0.277 e. The maximum atomic E-state index is 6.02. The predicted octanol–water partition coefficient (Wildman–Crippen LogP) is 5.35.